The van der Waals surface area contributed by atoms with E-state index >= 15 is 0 Å². The third kappa shape index (κ3) is 3.28. The molecule has 1 aromatic carbocycles. The second-order valence-corrected chi connectivity index (χ2v) is 7.01. The van der Waals surface area contributed by atoms with E-state index in [4.69, 9.17) is 17.3 Å². The average molecular weight is 326 g/mol. The molecule has 0 unspecified atom stereocenters. The highest BCUT2D eigenvalue weighted by Crippen LogP contribution is 2.26. The number of nitrogen functional groups attached to an aromatic ring is 1. The lowest BCUT2D eigenvalue weighted by molar-refractivity contribution is 0.601. The molecule has 0 fully saturated rings. The molecule has 1 aromatic heterocycles. The van der Waals surface area contributed by atoms with E-state index in [1.54, 1.807) is 0 Å². The van der Waals surface area contributed by atoms with Crippen LogP contribution in [0.4, 0.5) is 11.5 Å². The molecule has 0 amide bonds. The Balaban J connectivity index is 2.44. The number of benzene rings is 1. The zero-order chi connectivity index (χ0) is 15.8. The third-order valence-electron chi connectivity index (χ3n) is 3.07. The van der Waals surface area contributed by atoms with Gasteiger partial charge >= 0.3 is 0 Å². The molecule has 0 saturated carbocycles. The maximum atomic E-state index is 12.4. The highest BCUT2D eigenvalue weighted by atomic mass is 35.5. The van der Waals surface area contributed by atoms with Crippen molar-refractivity contribution < 1.29 is 8.42 Å². The first-order chi connectivity index (χ1) is 9.70. The van der Waals surface area contributed by atoms with Crippen LogP contribution in [0.25, 0.3) is 0 Å². The molecule has 0 atom stereocenters. The number of hydrogen-bond donors (Lipinski definition) is 2. The minimum Gasteiger partial charge on any atom is -0.382 e. The zero-order valence-corrected chi connectivity index (χ0v) is 13.5. The first-order valence-corrected chi connectivity index (χ1v) is 8.08. The van der Waals surface area contributed by atoms with E-state index < -0.39 is 10.0 Å². The standard InChI is InChI=1S/C14H16ClN3O2S/c1-8-4-9(2)13(10(3)5-8)18-21(19,20)11-6-12(15)14(16)17-7-11/h4-7,18H,1-3H3,(H2,16,17). The first kappa shape index (κ1) is 15.6. The van der Waals surface area contributed by atoms with E-state index in [1.807, 2.05) is 32.9 Å². The van der Waals surface area contributed by atoms with Gasteiger partial charge in [-0.2, -0.15) is 0 Å². The number of nitrogens with one attached hydrogen (secondary N) is 1. The number of aromatic nitrogens is 1. The fraction of sp³-hybridized carbons (Fsp3) is 0.214. The number of anilines is 2. The Morgan fingerprint density at radius 1 is 1.14 bits per heavy atom. The second-order valence-electron chi connectivity index (χ2n) is 4.92. The van der Waals surface area contributed by atoms with E-state index in [0.717, 1.165) is 16.7 Å². The van der Waals surface area contributed by atoms with Gasteiger partial charge in [-0.15, -0.1) is 0 Å². The number of halogens is 1. The monoisotopic (exact) mass is 325 g/mol. The number of hydrogen-bond acceptors (Lipinski definition) is 4. The van der Waals surface area contributed by atoms with E-state index in [0.29, 0.717) is 5.69 Å². The van der Waals surface area contributed by atoms with Crippen molar-refractivity contribution in [3.05, 3.63) is 46.1 Å². The van der Waals surface area contributed by atoms with Crippen LogP contribution in [0.5, 0.6) is 0 Å². The average Bonchev–Trinajstić information content (AvgIpc) is 2.37. The molecule has 0 aliphatic carbocycles. The number of sulfonamides is 1. The summed E-state index contributed by atoms with van der Waals surface area (Å²) in [5, 5.41) is 0.107. The van der Waals surface area contributed by atoms with Crippen molar-refractivity contribution >= 4 is 33.1 Å². The van der Waals surface area contributed by atoms with Gasteiger partial charge < -0.3 is 5.73 Å². The van der Waals surface area contributed by atoms with Crippen molar-refractivity contribution in [3.63, 3.8) is 0 Å². The largest absolute Gasteiger partial charge is 0.382 e. The molecule has 7 heteroatoms. The topological polar surface area (TPSA) is 85.1 Å². The van der Waals surface area contributed by atoms with Crippen molar-refractivity contribution in [1.82, 2.24) is 4.98 Å². The Hall–Kier alpha value is -1.79. The Kier molecular flexibility index (Phi) is 4.11. The fourth-order valence-electron chi connectivity index (χ4n) is 2.11. The molecule has 3 N–H and O–H groups in total. The van der Waals surface area contributed by atoms with E-state index in [2.05, 4.69) is 9.71 Å². The summed E-state index contributed by atoms with van der Waals surface area (Å²) >= 11 is 5.83. The number of pyridine rings is 1. The molecule has 21 heavy (non-hydrogen) atoms. The summed E-state index contributed by atoms with van der Waals surface area (Å²) in [7, 11) is -3.76. The van der Waals surface area contributed by atoms with Gasteiger partial charge in [0.05, 0.1) is 10.7 Å². The van der Waals surface area contributed by atoms with Gasteiger partial charge in [0.1, 0.15) is 10.7 Å². The smallest absolute Gasteiger partial charge is 0.263 e. The van der Waals surface area contributed by atoms with Crippen molar-refractivity contribution in [2.75, 3.05) is 10.5 Å². The zero-order valence-electron chi connectivity index (χ0n) is 11.9. The Morgan fingerprint density at radius 3 is 2.24 bits per heavy atom. The lowest BCUT2D eigenvalue weighted by Crippen LogP contribution is -2.15. The van der Waals surface area contributed by atoms with Gasteiger partial charge in [0.15, 0.2) is 0 Å². The van der Waals surface area contributed by atoms with Crippen LogP contribution < -0.4 is 10.5 Å². The molecular formula is C14H16ClN3O2S. The molecule has 0 aliphatic rings. The van der Waals surface area contributed by atoms with Gasteiger partial charge in [0.2, 0.25) is 0 Å². The summed E-state index contributed by atoms with van der Waals surface area (Å²) < 4.78 is 27.4. The highest BCUT2D eigenvalue weighted by Gasteiger charge is 2.18. The molecule has 0 spiro atoms. The lowest BCUT2D eigenvalue weighted by Gasteiger charge is -2.14. The Labute approximate surface area is 129 Å². The van der Waals surface area contributed by atoms with Crippen LogP contribution in [0, 0.1) is 20.8 Å². The van der Waals surface area contributed by atoms with E-state index in [9.17, 15) is 8.42 Å². The molecule has 2 rings (SSSR count). The van der Waals surface area contributed by atoms with Crippen LogP contribution in [0.15, 0.2) is 29.3 Å². The van der Waals surface area contributed by atoms with Gasteiger partial charge in [-0.1, -0.05) is 29.3 Å². The normalized spacial score (nSPS) is 11.4. The molecular weight excluding hydrogens is 310 g/mol. The molecule has 1 heterocycles. The minimum atomic E-state index is -3.76. The van der Waals surface area contributed by atoms with E-state index in [1.165, 1.54) is 12.3 Å². The van der Waals surface area contributed by atoms with Crippen molar-refractivity contribution in [2.24, 2.45) is 0 Å². The van der Waals surface area contributed by atoms with Crippen LogP contribution in [-0.4, -0.2) is 13.4 Å². The SMILES string of the molecule is Cc1cc(C)c(NS(=O)(=O)c2cnc(N)c(Cl)c2)c(C)c1. The van der Waals surface area contributed by atoms with Crippen molar-refractivity contribution in [1.29, 1.82) is 0 Å². The quantitative estimate of drug-likeness (QED) is 0.908. The van der Waals surface area contributed by atoms with Crippen molar-refractivity contribution in [3.8, 4) is 0 Å². The van der Waals surface area contributed by atoms with Crippen LogP contribution in [-0.2, 0) is 10.0 Å². The van der Waals surface area contributed by atoms with Gasteiger partial charge in [-0.3, -0.25) is 4.72 Å². The molecule has 0 radical (unpaired) electrons. The summed E-state index contributed by atoms with van der Waals surface area (Å²) in [5.41, 5.74) is 8.83. The summed E-state index contributed by atoms with van der Waals surface area (Å²) in [4.78, 5) is 3.75. The number of rotatable bonds is 3. The molecule has 0 bridgehead atoms. The van der Waals surface area contributed by atoms with Crippen LogP contribution in [0.3, 0.4) is 0 Å². The summed E-state index contributed by atoms with van der Waals surface area (Å²) in [6.07, 6.45) is 1.18. The maximum absolute atomic E-state index is 12.4. The summed E-state index contributed by atoms with van der Waals surface area (Å²) in [6, 6.07) is 5.11. The minimum absolute atomic E-state index is 0.0268. The van der Waals surface area contributed by atoms with Gasteiger partial charge in [-0.25, -0.2) is 13.4 Å². The van der Waals surface area contributed by atoms with Gasteiger partial charge in [-0.05, 0) is 38.0 Å². The second kappa shape index (κ2) is 5.54. The molecule has 0 saturated heterocycles. The maximum Gasteiger partial charge on any atom is 0.263 e. The number of nitrogens with two attached hydrogens (primary N) is 1. The molecule has 112 valence electrons. The predicted molar refractivity (Wildman–Crippen MR) is 85.1 cm³/mol. The van der Waals surface area contributed by atoms with Crippen LogP contribution in [0.2, 0.25) is 5.02 Å². The first-order valence-electron chi connectivity index (χ1n) is 6.22. The predicted octanol–water partition coefficient (Wildman–Crippen LogP) is 3.04. The van der Waals surface area contributed by atoms with Crippen LogP contribution in [0.1, 0.15) is 16.7 Å². The Bertz CT molecular complexity index is 781. The van der Waals surface area contributed by atoms with Gasteiger partial charge in [0.25, 0.3) is 10.0 Å². The number of aryl methyl sites for hydroxylation is 3. The summed E-state index contributed by atoms with van der Waals surface area (Å²) in [6.45, 7) is 5.67. The van der Waals surface area contributed by atoms with Crippen LogP contribution >= 0.6 is 11.6 Å². The molecule has 0 aliphatic heterocycles. The molecule has 2 aromatic rings. The summed E-state index contributed by atoms with van der Waals surface area (Å²) in [5.74, 6) is 0.0957. The fourth-order valence-corrected chi connectivity index (χ4v) is 3.52. The van der Waals surface area contributed by atoms with E-state index in [-0.39, 0.29) is 15.7 Å². The number of nitrogens with zero attached hydrogens (tertiary/aromatic N) is 1. The molecule has 5 nitrogen and oxygen atoms in total. The lowest BCUT2D eigenvalue weighted by atomic mass is 10.1. The van der Waals surface area contributed by atoms with Gasteiger partial charge in [0, 0.05) is 6.20 Å². The highest BCUT2D eigenvalue weighted by molar-refractivity contribution is 7.92. The van der Waals surface area contributed by atoms with Crippen molar-refractivity contribution in [2.45, 2.75) is 25.7 Å². The third-order valence-corrected chi connectivity index (χ3v) is 4.69. The Morgan fingerprint density at radius 2 is 1.71 bits per heavy atom.